The summed E-state index contributed by atoms with van der Waals surface area (Å²) in [4.78, 5) is 0. The Morgan fingerprint density at radius 1 is 1.17 bits per heavy atom. The third kappa shape index (κ3) is 3.64. The Bertz CT molecular complexity index is 369. The molecule has 3 nitrogen and oxygen atoms in total. The van der Waals surface area contributed by atoms with Crippen molar-refractivity contribution in [3.05, 3.63) is 23.7 Å². The van der Waals surface area contributed by atoms with Crippen molar-refractivity contribution in [3.8, 4) is 0 Å². The molecular weight excluding hydrogens is 268 g/mol. The molecule has 0 fully saturated rings. The molecule has 2 N–H and O–H groups in total. The second-order valence-corrected chi connectivity index (χ2v) is 3.35. The smallest absolute Gasteiger partial charge is 0.423 e. The average Bonchev–Trinajstić information content (AvgIpc) is 2.61. The lowest BCUT2D eigenvalue weighted by atomic mass is 10.2. The minimum Gasteiger partial charge on any atom is -0.467 e. The van der Waals surface area contributed by atoms with Gasteiger partial charge in [-0.3, -0.25) is 0 Å². The Hall–Kier alpha value is -1.22. The molecule has 0 saturated carbocycles. The molecule has 0 atom stereocenters. The van der Waals surface area contributed by atoms with E-state index in [4.69, 9.17) is 10.2 Å². The van der Waals surface area contributed by atoms with Gasteiger partial charge in [-0.05, 0) is 6.07 Å². The summed E-state index contributed by atoms with van der Waals surface area (Å²) in [5.74, 6) is -0.156. The highest BCUT2D eigenvalue weighted by molar-refractivity contribution is 5.15. The molecule has 0 bridgehead atoms. The van der Waals surface area contributed by atoms with Crippen LogP contribution in [0.1, 0.15) is 11.3 Å². The van der Waals surface area contributed by atoms with Crippen molar-refractivity contribution in [2.75, 3.05) is 0 Å². The van der Waals surface area contributed by atoms with E-state index in [2.05, 4.69) is 4.74 Å². The SMILES string of the molecule is NCc1ccoc1COC(C(F)(F)F)C(F)(F)F. The molecule has 0 saturated heterocycles. The molecule has 1 aromatic heterocycles. The van der Waals surface area contributed by atoms with Crippen LogP contribution in [0, 0.1) is 0 Å². The minimum absolute atomic E-state index is 0.0715. The van der Waals surface area contributed by atoms with E-state index in [0.717, 1.165) is 6.26 Å². The number of halogens is 6. The normalized spacial score (nSPS) is 13.3. The van der Waals surface area contributed by atoms with E-state index in [9.17, 15) is 26.3 Å². The fourth-order valence-electron chi connectivity index (χ4n) is 1.21. The fraction of sp³-hybridized carbons (Fsp3) is 0.556. The maximum absolute atomic E-state index is 12.1. The number of alkyl halides is 6. The highest BCUT2D eigenvalue weighted by Gasteiger charge is 2.58. The van der Waals surface area contributed by atoms with Crippen LogP contribution < -0.4 is 5.73 Å². The van der Waals surface area contributed by atoms with Crippen LogP contribution in [0.5, 0.6) is 0 Å². The summed E-state index contributed by atoms with van der Waals surface area (Å²) in [5, 5.41) is 0. The molecule has 1 aromatic rings. The van der Waals surface area contributed by atoms with E-state index in [1.807, 2.05) is 0 Å². The number of ether oxygens (including phenoxy) is 1. The van der Waals surface area contributed by atoms with Gasteiger partial charge in [0.2, 0.25) is 6.10 Å². The van der Waals surface area contributed by atoms with Crippen molar-refractivity contribution in [2.45, 2.75) is 31.6 Å². The maximum atomic E-state index is 12.1. The molecule has 0 spiro atoms. The first-order valence-corrected chi connectivity index (χ1v) is 4.66. The van der Waals surface area contributed by atoms with Crippen molar-refractivity contribution in [3.63, 3.8) is 0 Å². The summed E-state index contributed by atoms with van der Waals surface area (Å²) >= 11 is 0. The van der Waals surface area contributed by atoms with Gasteiger partial charge in [-0.2, -0.15) is 26.3 Å². The summed E-state index contributed by atoms with van der Waals surface area (Å²) in [6.07, 6.45) is -13.8. The molecule has 0 aliphatic rings. The van der Waals surface area contributed by atoms with Crippen LogP contribution in [0.4, 0.5) is 26.3 Å². The molecule has 104 valence electrons. The van der Waals surface area contributed by atoms with E-state index in [1.54, 1.807) is 0 Å². The Kier molecular flexibility index (Phi) is 4.28. The molecule has 0 radical (unpaired) electrons. The molecular formula is C9H9F6NO2. The second-order valence-electron chi connectivity index (χ2n) is 3.35. The highest BCUT2D eigenvalue weighted by atomic mass is 19.4. The van der Waals surface area contributed by atoms with Gasteiger partial charge in [0.15, 0.2) is 0 Å². The summed E-state index contributed by atoms with van der Waals surface area (Å²) in [5.41, 5.74) is 5.50. The molecule has 0 aliphatic heterocycles. The fourth-order valence-corrected chi connectivity index (χ4v) is 1.21. The van der Waals surface area contributed by atoms with Gasteiger partial charge in [-0.25, -0.2) is 0 Å². The largest absolute Gasteiger partial charge is 0.467 e. The van der Waals surface area contributed by atoms with Gasteiger partial charge < -0.3 is 14.9 Å². The molecule has 9 heteroatoms. The van der Waals surface area contributed by atoms with Crippen molar-refractivity contribution >= 4 is 0 Å². The van der Waals surface area contributed by atoms with E-state index in [1.165, 1.54) is 6.07 Å². The zero-order valence-corrected chi connectivity index (χ0v) is 8.81. The third-order valence-electron chi connectivity index (χ3n) is 2.03. The average molecular weight is 277 g/mol. The van der Waals surface area contributed by atoms with Gasteiger partial charge in [0.05, 0.1) is 6.26 Å². The van der Waals surface area contributed by atoms with Crippen molar-refractivity contribution in [1.29, 1.82) is 0 Å². The Labute approximate surface area is 97.5 Å². The number of hydrogen-bond donors (Lipinski definition) is 1. The van der Waals surface area contributed by atoms with E-state index >= 15 is 0 Å². The van der Waals surface area contributed by atoms with Crippen LogP contribution in [0.3, 0.4) is 0 Å². The first kappa shape index (κ1) is 14.8. The Morgan fingerprint density at radius 3 is 2.17 bits per heavy atom. The summed E-state index contributed by atoms with van der Waals surface area (Å²) in [6.45, 7) is -1.03. The van der Waals surface area contributed by atoms with Crippen LogP contribution in [-0.4, -0.2) is 18.5 Å². The van der Waals surface area contributed by atoms with Gasteiger partial charge in [0.1, 0.15) is 12.4 Å². The molecule has 0 amide bonds. The predicted octanol–water partition coefficient (Wildman–Crippen LogP) is 2.75. The lowest BCUT2D eigenvalue weighted by Gasteiger charge is -2.22. The monoisotopic (exact) mass is 277 g/mol. The summed E-state index contributed by atoms with van der Waals surface area (Å²) < 4.78 is 81.3. The summed E-state index contributed by atoms with van der Waals surface area (Å²) in [6, 6.07) is 1.34. The highest BCUT2D eigenvalue weighted by Crippen LogP contribution is 2.36. The number of nitrogens with two attached hydrogens (primary N) is 1. The van der Waals surface area contributed by atoms with E-state index in [-0.39, 0.29) is 17.9 Å². The Balaban J connectivity index is 2.75. The van der Waals surface area contributed by atoms with E-state index < -0.39 is 25.1 Å². The van der Waals surface area contributed by atoms with Crippen molar-refractivity contribution in [2.24, 2.45) is 5.73 Å². The van der Waals surface area contributed by atoms with Crippen molar-refractivity contribution in [1.82, 2.24) is 0 Å². The maximum Gasteiger partial charge on any atom is 0.423 e. The lowest BCUT2D eigenvalue weighted by molar-refractivity contribution is -0.325. The van der Waals surface area contributed by atoms with Gasteiger partial charge in [0.25, 0.3) is 0 Å². The standard InChI is InChI=1S/C9H9F6NO2/c10-8(11,12)7(9(13,14)15)18-4-6-5(3-16)1-2-17-6/h1-2,7H,3-4,16H2. The molecule has 1 heterocycles. The zero-order chi connectivity index (χ0) is 14.0. The third-order valence-corrected chi connectivity index (χ3v) is 2.03. The Morgan fingerprint density at radius 2 is 1.72 bits per heavy atom. The molecule has 0 aromatic carbocycles. The van der Waals surface area contributed by atoms with Crippen LogP contribution in [-0.2, 0) is 17.9 Å². The molecule has 18 heavy (non-hydrogen) atoms. The lowest BCUT2D eigenvalue weighted by Crippen LogP contribution is -2.44. The molecule has 0 aliphatic carbocycles. The van der Waals surface area contributed by atoms with Crippen LogP contribution >= 0.6 is 0 Å². The van der Waals surface area contributed by atoms with Gasteiger partial charge in [-0.15, -0.1) is 0 Å². The number of furan rings is 1. The second kappa shape index (κ2) is 5.19. The number of hydrogen-bond acceptors (Lipinski definition) is 3. The predicted molar refractivity (Wildman–Crippen MR) is 47.3 cm³/mol. The topological polar surface area (TPSA) is 48.4 Å². The zero-order valence-electron chi connectivity index (χ0n) is 8.81. The van der Waals surface area contributed by atoms with E-state index in [0.29, 0.717) is 0 Å². The minimum atomic E-state index is -5.53. The molecule has 1 rings (SSSR count). The number of rotatable bonds is 4. The van der Waals surface area contributed by atoms with Gasteiger partial charge in [-0.1, -0.05) is 0 Å². The van der Waals surface area contributed by atoms with Crippen molar-refractivity contribution < 1.29 is 35.5 Å². The molecule has 0 unspecified atom stereocenters. The van der Waals surface area contributed by atoms with Gasteiger partial charge >= 0.3 is 12.4 Å². The van der Waals surface area contributed by atoms with Crippen LogP contribution in [0.25, 0.3) is 0 Å². The van der Waals surface area contributed by atoms with Crippen LogP contribution in [0.2, 0.25) is 0 Å². The van der Waals surface area contributed by atoms with Crippen LogP contribution in [0.15, 0.2) is 16.7 Å². The quantitative estimate of drug-likeness (QED) is 0.861. The first-order chi connectivity index (χ1) is 8.16. The first-order valence-electron chi connectivity index (χ1n) is 4.66. The van der Waals surface area contributed by atoms with Gasteiger partial charge in [0, 0.05) is 12.1 Å². The summed E-state index contributed by atoms with van der Waals surface area (Å²) in [7, 11) is 0.